The quantitative estimate of drug-likeness (QED) is 0.458. The SMILES string of the molecule is N#CC(c1ccccc1)(c1ccccc1)C12CC[N+](CCCc3ccccc3)(CC1)C2. The first-order chi connectivity index (χ1) is 15.2. The molecule has 2 heteroatoms. The van der Waals surface area contributed by atoms with E-state index in [9.17, 15) is 5.26 Å². The molecule has 2 saturated heterocycles. The number of piperidine rings is 1. The Bertz CT molecular complexity index is 1000. The fourth-order valence-corrected chi connectivity index (χ4v) is 6.56. The van der Waals surface area contributed by atoms with E-state index in [0.717, 1.165) is 36.9 Å². The van der Waals surface area contributed by atoms with Gasteiger partial charge in [-0.3, -0.25) is 0 Å². The Labute approximate surface area is 186 Å². The summed E-state index contributed by atoms with van der Waals surface area (Å²) in [6, 6.07) is 34.9. The van der Waals surface area contributed by atoms with Gasteiger partial charge in [-0.25, -0.2) is 0 Å². The van der Waals surface area contributed by atoms with E-state index in [-0.39, 0.29) is 5.41 Å². The number of hydrogen-bond donors (Lipinski definition) is 0. The molecule has 2 fully saturated rings. The van der Waals surface area contributed by atoms with Gasteiger partial charge in [-0.15, -0.1) is 0 Å². The molecule has 0 amide bonds. The Balaban J connectivity index is 1.46. The van der Waals surface area contributed by atoms with E-state index in [4.69, 9.17) is 0 Å². The highest BCUT2D eigenvalue weighted by Crippen LogP contribution is 2.59. The maximum atomic E-state index is 10.8. The summed E-state index contributed by atoms with van der Waals surface area (Å²) < 4.78 is 1.19. The van der Waals surface area contributed by atoms with Crippen molar-refractivity contribution in [2.75, 3.05) is 26.2 Å². The van der Waals surface area contributed by atoms with Gasteiger partial charge in [-0.1, -0.05) is 91.0 Å². The number of fused-ring (bicyclic) bond motifs is 2. The number of benzene rings is 3. The Morgan fingerprint density at radius 1 is 0.774 bits per heavy atom. The molecule has 2 nitrogen and oxygen atoms in total. The van der Waals surface area contributed by atoms with Gasteiger partial charge in [0.15, 0.2) is 0 Å². The first-order valence-corrected chi connectivity index (χ1v) is 11.6. The highest BCUT2D eigenvalue weighted by molar-refractivity contribution is 5.49. The maximum absolute atomic E-state index is 10.8. The lowest BCUT2D eigenvalue weighted by Crippen LogP contribution is -2.46. The zero-order chi connectivity index (χ0) is 21.2. The number of quaternary nitrogens is 1. The minimum atomic E-state index is -0.578. The summed E-state index contributed by atoms with van der Waals surface area (Å²) in [6.07, 6.45) is 4.64. The molecule has 2 heterocycles. The molecule has 3 aromatic rings. The van der Waals surface area contributed by atoms with E-state index in [1.54, 1.807) is 0 Å². The average Bonchev–Trinajstić information content (AvgIpc) is 3.40. The van der Waals surface area contributed by atoms with Crippen LogP contribution in [0.2, 0.25) is 0 Å². The van der Waals surface area contributed by atoms with Crippen molar-refractivity contribution in [3.8, 4) is 6.07 Å². The largest absolute Gasteiger partial charge is 0.323 e. The van der Waals surface area contributed by atoms with E-state index in [1.165, 1.54) is 36.1 Å². The van der Waals surface area contributed by atoms with Crippen LogP contribution < -0.4 is 0 Å². The van der Waals surface area contributed by atoms with Crippen LogP contribution in [0.15, 0.2) is 91.0 Å². The van der Waals surface area contributed by atoms with Crippen LogP contribution in [0.3, 0.4) is 0 Å². The van der Waals surface area contributed by atoms with Crippen molar-refractivity contribution in [2.24, 2.45) is 5.41 Å². The monoisotopic (exact) mass is 407 g/mol. The predicted octanol–water partition coefficient (Wildman–Crippen LogP) is 5.74. The first kappa shape index (κ1) is 20.0. The molecule has 0 N–H and O–H groups in total. The second-order valence-electron chi connectivity index (χ2n) is 9.63. The summed E-state index contributed by atoms with van der Waals surface area (Å²) >= 11 is 0. The molecule has 0 unspecified atom stereocenters. The first-order valence-electron chi connectivity index (χ1n) is 11.6. The lowest BCUT2D eigenvalue weighted by atomic mass is 9.56. The van der Waals surface area contributed by atoms with Crippen molar-refractivity contribution in [1.82, 2.24) is 0 Å². The minimum Gasteiger partial charge on any atom is -0.323 e. The number of nitriles is 1. The van der Waals surface area contributed by atoms with Gasteiger partial charge in [0.25, 0.3) is 0 Å². The molecule has 2 bridgehead atoms. The molecule has 156 valence electrons. The van der Waals surface area contributed by atoms with Gasteiger partial charge in [0.1, 0.15) is 5.41 Å². The van der Waals surface area contributed by atoms with E-state index in [1.807, 2.05) is 0 Å². The Morgan fingerprint density at radius 3 is 1.81 bits per heavy atom. The molecule has 0 aliphatic carbocycles. The van der Waals surface area contributed by atoms with Crippen LogP contribution in [0.4, 0.5) is 0 Å². The van der Waals surface area contributed by atoms with Crippen molar-refractivity contribution >= 4 is 0 Å². The average molecular weight is 408 g/mol. The van der Waals surface area contributed by atoms with Crippen molar-refractivity contribution in [1.29, 1.82) is 5.26 Å². The molecule has 5 rings (SSSR count). The minimum absolute atomic E-state index is 0.0111. The molecule has 2 aliphatic heterocycles. The van der Waals surface area contributed by atoms with E-state index in [0.29, 0.717) is 0 Å². The van der Waals surface area contributed by atoms with E-state index < -0.39 is 5.41 Å². The third-order valence-corrected chi connectivity index (χ3v) is 8.09. The standard InChI is InChI=1S/C29H31N2/c30-23-29(26-14-6-2-7-15-26,27-16-8-3-9-17-27)28-18-21-31(24-28,22-19-28)20-10-13-25-11-4-1-5-12-25/h1-9,11-12,14-17H,10,13,18-22,24H2/q+1. The van der Waals surface area contributed by atoms with Gasteiger partial charge in [-0.05, 0) is 23.1 Å². The lowest BCUT2D eigenvalue weighted by Gasteiger charge is -2.41. The van der Waals surface area contributed by atoms with Crippen molar-refractivity contribution in [2.45, 2.75) is 31.1 Å². The van der Waals surface area contributed by atoms with E-state index in [2.05, 4.69) is 97.1 Å². The van der Waals surface area contributed by atoms with Crippen LogP contribution in [0.1, 0.15) is 36.0 Å². The van der Waals surface area contributed by atoms with Crippen LogP contribution in [-0.4, -0.2) is 30.7 Å². The summed E-state index contributed by atoms with van der Waals surface area (Å²) in [7, 11) is 0. The van der Waals surface area contributed by atoms with Crippen LogP contribution in [0.25, 0.3) is 0 Å². The van der Waals surface area contributed by atoms with Crippen molar-refractivity contribution in [3.63, 3.8) is 0 Å². The summed E-state index contributed by atoms with van der Waals surface area (Å²) in [6.45, 7) is 4.76. The number of nitrogens with zero attached hydrogens (tertiary/aromatic N) is 2. The third kappa shape index (κ3) is 3.29. The maximum Gasteiger partial charge on any atom is 0.118 e. The van der Waals surface area contributed by atoms with Gasteiger partial charge < -0.3 is 4.48 Å². The van der Waals surface area contributed by atoms with Gasteiger partial charge in [0, 0.05) is 19.3 Å². The van der Waals surface area contributed by atoms with Crippen molar-refractivity contribution in [3.05, 3.63) is 108 Å². The number of hydrogen-bond acceptors (Lipinski definition) is 1. The summed E-state index contributed by atoms with van der Waals surface area (Å²) in [4.78, 5) is 0. The van der Waals surface area contributed by atoms with Gasteiger partial charge in [0.05, 0.1) is 37.7 Å². The number of rotatable bonds is 7. The smallest absolute Gasteiger partial charge is 0.118 e. The molecule has 0 spiro atoms. The predicted molar refractivity (Wildman–Crippen MR) is 125 cm³/mol. The molecule has 3 aromatic carbocycles. The molecule has 0 saturated carbocycles. The second kappa shape index (κ2) is 7.98. The number of aryl methyl sites for hydroxylation is 1. The highest BCUT2D eigenvalue weighted by Gasteiger charge is 2.66. The van der Waals surface area contributed by atoms with Gasteiger partial charge in [0.2, 0.25) is 0 Å². The third-order valence-electron chi connectivity index (χ3n) is 8.09. The zero-order valence-corrected chi connectivity index (χ0v) is 18.2. The van der Waals surface area contributed by atoms with Gasteiger partial charge >= 0.3 is 0 Å². The molecule has 0 atom stereocenters. The normalized spacial score (nSPS) is 24.7. The lowest BCUT2D eigenvalue weighted by molar-refractivity contribution is -0.909. The topological polar surface area (TPSA) is 23.8 Å². The highest BCUT2D eigenvalue weighted by atomic mass is 15.4. The molecular weight excluding hydrogens is 376 g/mol. The molecule has 2 aliphatic rings. The molecule has 0 radical (unpaired) electrons. The van der Waals surface area contributed by atoms with Crippen molar-refractivity contribution < 1.29 is 4.48 Å². The van der Waals surface area contributed by atoms with E-state index >= 15 is 0 Å². The van der Waals surface area contributed by atoms with Crippen LogP contribution >= 0.6 is 0 Å². The fraction of sp³-hybridized carbons (Fsp3) is 0.345. The Hall–Kier alpha value is -2.89. The second-order valence-corrected chi connectivity index (χ2v) is 9.63. The molecule has 0 aromatic heterocycles. The Kier molecular flexibility index (Phi) is 5.16. The molecular formula is C29H31N2+. The molecule has 31 heavy (non-hydrogen) atoms. The summed E-state index contributed by atoms with van der Waals surface area (Å²) in [5.41, 5.74) is 3.19. The van der Waals surface area contributed by atoms with Gasteiger partial charge in [-0.2, -0.15) is 5.26 Å². The zero-order valence-electron chi connectivity index (χ0n) is 18.2. The summed E-state index contributed by atoms with van der Waals surface area (Å²) in [5.74, 6) is 0. The van der Waals surface area contributed by atoms with Crippen LogP contribution in [-0.2, 0) is 11.8 Å². The van der Waals surface area contributed by atoms with Crippen LogP contribution in [0.5, 0.6) is 0 Å². The fourth-order valence-electron chi connectivity index (χ4n) is 6.56. The Morgan fingerprint density at radius 2 is 1.29 bits per heavy atom. The van der Waals surface area contributed by atoms with Crippen LogP contribution in [0, 0.1) is 16.7 Å². The summed E-state index contributed by atoms with van der Waals surface area (Å²) in [5, 5.41) is 10.8.